The third kappa shape index (κ3) is 1.70. The SMILES string of the molecule is CCn1cnc2c(C3CCCCC3=O)ncnc21. The van der Waals surface area contributed by atoms with Crippen LogP contribution in [0.2, 0.25) is 0 Å². The lowest BCUT2D eigenvalue weighted by Crippen LogP contribution is -2.18. The molecule has 2 aromatic rings. The second kappa shape index (κ2) is 4.48. The summed E-state index contributed by atoms with van der Waals surface area (Å²) in [4.78, 5) is 25.0. The van der Waals surface area contributed by atoms with Gasteiger partial charge in [-0.15, -0.1) is 0 Å². The second-order valence-corrected chi connectivity index (χ2v) is 4.73. The van der Waals surface area contributed by atoms with Crippen molar-refractivity contribution in [3.05, 3.63) is 18.3 Å². The number of aromatic nitrogens is 4. The normalized spacial score (nSPS) is 20.5. The van der Waals surface area contributed by atoms with Gasteiger partial charge >= 0.3 is 0 Å². The molecule has 3 rings (SSSR count). The van der Waals surface area contributed by atoms with Crippen molar-refractivity contribution in [2.24, 2.45) is 0 Å². The van der Waals surface area contributed by atoms with E-state index in [1.807, 2.05) is 4.57 Å². The molecule has 2 heterocycles. The highest BCUT2D eigenvalue weighted by molar-refractivity contribution is 5.89. The largest absolute Gasteiger partial charge is 0.315 e. The molecule has 0 N–H and O–H groups in total. The van der Waals surface area contributed by atoms with Crippen molar-refractivity contribution in [1.29, 1.82) is 0 Å². The summed E-state index contributed by atoms with van der Waals surface area (Å²) in [7, 11) is 0. The van der Waals surface area contributed by atoms with Gasteiger partial charge < -0.3 is 4.57 Å². The van der Waals surface area contributed by atoms with Gasteiger partial charge in [0.25, 0.3) is 0 Å². The van der Waals surface area contributed by atoms with Crippen LogP contribution in [-0.2, 0) is 11.3 Å². The summed E-state index contributed by atoms with van der Waals surface area (Å²) in [6, 6.07) is 0. The van der Waals surface area contributed by atoms with Gasteiger partial charge in [0.15, 0.2) is 5.65 Å². The van der Waals surface area contributed by atoms with E-state index in [1.165, 1.54) is 0 Å². The van der Waals surface area contributed by atoms with Gasteiger partial charge in [0.1, 0.15) is 17.6 Å². The number of carbonyl (C=O) groups excluding carboxylic acids is 1. The van der Waals surface area contributed by atoms with E-state index >= 15 is 0 Å². The number of imidazole rings is 1. The molecule has 1 fully saturated rings. The first-order valence-corrected chi connectivity index (χ1v) is 6.49. The number of aryl methyl sites for hydroxylation is 1. The van der Waals surface area contributed by atoms with E-state index in [1.54, 1.807) is 12.7 Å². The fraction of sp³-hybridized carbons (Fsp3) is 0.538. The summed E-state index contributed by atoms with van der Waals surface area (Å²) < 4.78 is 1.98. The van der Waals surface area contributed by atoms with Crippen LogP contribution in [0.4, 0.5) is 0 Å². The standard InChI is InChI=1S/C13H16N4O/c1-2-17-8-16-12-11(14-7-15-13(12)17)9-5-3-4-6-10(9)18/h7-9H,2-6H2,1H3. The molecule has 0 spiro atoms. The van der Waals surface area contributed by atoms with Crippen molar-refractivity contribution in [3.8, 4) is 0 Å². The van der Waals surface area contributed by atoms with Crippen molar-refractivity contribution >= 4 is 16.9 Å². The predicted molar refractivity (Wildman–Crippen MR) is 67.2 cm³/mol. The van der Waals surface area contributed by atoms with E-state index < -0.39 is 0 Å². The van der Waals surface area contributed by atoms with Gasteiger partial charge in [0.05, 0.1) is 17.9 Å². The van der Waals surface area contributed by atoms with Crippen molar-refractivity contribution in [3.63, 3.8) is 0 Å². The quantitative estimate of drug-likeness (QED) is 0.811. The summed E-state index contributed by atoms with van der Waals surface area (Å²) in [6.45, 7) is 2.88. The van der Waals surface area contributed by atoms with E-state index in [4.69, 9.17) is 0 Å². The summed E-state index contributed by atoms with van der Waals surface area (Å²) in [5.41, 5.74) is 2.44. The number of carbonyl (C=O) groups is 1. The summed E-state index contributed by atoms with van der Waals surface area (Å²) in [5, 5.41) is 0. The van der Waals surface area contributed by atoms with Crippen LogP contribution in [0.5, 0.6) is 0 Å². The monoisotopic (exact) mass is 244 g/mol. The Morgan fingerprint density at radius 2 is 2.22 bits per heavy atom. The minimum absolute atomic E-state index is 0.0792. The highest BCUT2D eigenvalue weighted by Gasteiger charge is 2.27. The predicted octanol–water partition coefficient (Wildman–Crippen LogP) is 2.07. The third-order valence-electron chi connectivity index (χ3n) is 3.65. The first-order chi connectivity index (χ1) is 8.81. The fourth-order valence-electron chi connectivity index (χ4n) is 2.66. The van der Waals surface area contributed by atoms with Crippen LogP contribution in [0, 0.1) is 0 Å². The van der Waals surface area contributed by atoms with Crippen LogP contribution in [0.3, 0.4) is 0 Å². The topological polar surface area (TPSA) is 60.7 Å². The lowest BCUT2D eigenvalue weighted by molar-refractivity contribution is -0.121. The maximum Gasteiger partial charge on any atom is 0.163 e. The van der Waals surface area contributed by atoms with Gasteiger partial charge in [0, 0.05) is 13.0 Å². The molecule has 18 heavy (non-hydrogen) atoms. The molecule has 1 saturated carbocycles. The second-order valence-electron chi connectivity index (χ2n) is 4.73. The fourth-order valence-corrected chi connectivity index (χ4v) is 2.66. The molecule has 0 aliphatic heterocycles. The van der Waals surface area contributed by atoms with Crippen molar-refractivity contribution < 1.29 is 4.79 Å². The maximum absolute atomic E-state index is 12.0. The van der Waals surface area contributed by atoms with Crippen LogP contribution in [0.1, 0.15) is 44.2 Å². The lowest BCUT2D eigenvalue weighted by atomic mass is 9.85. The van der Waals surface area contributed by atoms with E-state index in [-0.39, 0.29) is 5.92 Å². The zero-order chi connectivity index (χ0) is 12.5. The molecule has 2 aromatic heterocycles. The molecule has 5 nitrogen and oxygen atoms in total. The van der Waals surface area contributed by atoms with Gasteiger partial charge in [-0.2, -0.15) is 0 Å². The van der Waals surface area contributed by atoms with Crippen LogP contribution in [0.15, 0.2) is 12.7 Å². The highest BCUT2D eigenvalue weighted by atomic mass is 16.1. The average Bonchev–Trinajstić information content (AvgIpc) is 2.82. The maximum atomic E-state index is 12.0. The van der Waals surface area contributed by atoms with Crippen molar-refractivity contribution in [1.82, 2.24) is 19.5 Å². The Balaban J connectivity index is 2.11. The summed E-state index contributed by atoms with van der Waals surface area (Å²) >= 11 is 0. The molecule has 1 atom stereocenters. The zero-order valence-electron chi connectivity index (χ0n) is 10.5. The summed E-state index contributed by atoms with van der Waals surface area (Å²) in [6.07, 6.45) is 6.99. The summed E-state index contributed by atoms with van der Waals surface area (Å²) in [5.74, 6) is 0.219. The molecular formula is C13H16N4O. The number of rotatable bonds is 2. The lowest BCUT2D eigenvalue weighted by Gasteiger charge is -2.19. The molecule has 0 aromatic carbocycles. The Morgan fingerprint density at radius 3 is 3.00 bits per heavy atom. The first-order valence-electron chi connectivity index (χ1n) is 6.49. The molecule has 1 aliphatic carbocycles. The minimum Gasteiger partial charge on any atom is -0.315 e. The van der Waals surface area contributed by atoms with Crippen LogP contribution >= 0.6 is 0 Å². The number of hydrogen-bond donors (Lipinski definition) is 0. The molecule has 0 bridgehead atoms. The van der Waals surface area contributed by atoms with E-state index in [0.29, 0.717) is 12.2 Å². The third-order valence-corrected chi connectivity index (χ3v) is 3.65. The molecule has 0 saturated heterocycles. The molecule has 94 valence electrons. The Morgan fingerprint density at radius 1 is 1.33 bits per heavy atom. The van der Waals surface area contributed by atoms with Gasteiger partial charge in [-0.3, -0.25) is 4.79 Å². The Labute approximate surface area is 105 Å². The van der Waals surface area contributed by atoms with Crippen molar-refractivity contribution in [2.45, 2.75) is 45.1 Å². The highest BCUT2D eigenvalue weighted by Crippen LogP contribution is 2.31. The minimum atomic E-state index is -0.0792. The molecule has 1 aliphatic rings. The van der Waals surface area contributed by atoms with Crippen molar-refractivity contribution in [2.75, 3.05) is 0 Å². The zero-order valence-corrected chi connectivity index (χ0v) is 10.5. The van der Waals surface area contributed by atoms with Gasteiger partial charge in [0.2, 0.25) is 0 Å². The Bertz CT molecular complexity index is 590. The molecule has 1 unspecified atom stereocenters. The average molecular weight is 244 g/mol. The number of fused-ring (bicyclic) bond motifs is 1. The first kappa shape index (κ1) is 11.3. The Hall–Kier alpha value is -1.78. The number of ketones is 1. The van der Waals surface area contributed by atoms with E-state index in [2.05, 4.69) is 21.9 Å². The number of nitrogens with zero attached hydrogens (tertiary/aromatic N) is 4. The molecular weight excluding hydrogens is 228 g/mol. The molecule has 0 radical (unpaired) electrons. The van der Waals surface area contributed by atoms with E-state index in [9.17, 15) is 4.79 Å². The van der Waals surface area contributed by atoms with E-state index in [0.717, 1.165) is 42.7 Å². The van der Waals surface area contributed by atoms with Gasteiger partial charge in [-0.1, -0.05) is 6.42 Å². The molecule has 5 heteroatoms. The number of hydrogen-bond acceptors (Lipinski definition) is 4. The van der Waals surface area contributed by atoms with Gasteiger partial charge in [-0.05, 0) is 19.8 Å². The number of Topliss-reactive ketones (excluding diaryl/α,β-unsaturated/α-hetero) is 1. The Kier molecular flexibility index (Phi) is 2.81. The van der Waals surface area contributed by atoms with Gasteiger partial charge in [-0.25, -0.2) is 15.0 Å². The van der Waals surface area contributed by atoms with Crippen LogP contribution in [0.25, 0.3) is 11.2 Å². The smallest absolute Gasteiger partial charge is 0.163 e. The molecule has 0 amide bonds. The van der Waals surface area contributed by atoms with Crippen LogP contribution in [-0.4, -0.2) is 25.3 Å². The van der Waals surface area contributed by atoms with Crippen LogP contribution < -0.4 is 0 Å².